The fourth-order valence-corrected chi connectivity index (χ4v) is 2.16. The molecule has 1 aromatic rings. The number of rotatable bonds is 3. The lowest BCUT2D eigenvalue weighted by Gasteiger charge is -2.21. The number of nitrogens with zero attached hydrogens (tertiary/aromatic N) is 1. The molecule has 2 rings (SSSR count). The lowest BCUT2D eigenvalue weighted by Crippen LogP contribution is -2.39. The second-order valence-electron chi connectivity index (χ2n) is 4.42. The van der Waals surface area contributed by atoms with Crippen molar-refractivity contribution in [2.75, 3.05) is 13.1 Å². The molecule has 1 aliphatic rings. The van der Waals surface area contributed by atoms with E-state index in [1.54, 1.807) is 36.1 Å². The van der Waals surface area contributed by atoms with Gasteiger partial charge < -0.3 is 14.7 Å². The summed E-state index contributed by atoms with van der Waals surface area (Å²) in [6.07, 6.45) is -0.387. The van der Waals surface area contributed by atoms with Crippen molar-refractivity contribution in [1.29, 1.82) is 0 Å². The number of halogens is 1. The van der Waals surface area contributed by atoms with Gasteiger partial charge >= 0.3 is 0 Å². The molecule has 4 nitrogen and oxygen atoms in total. The van der Waals surface area contributed by atoms with Crippen LogP contribution in [0.3, 0.4) is 0 Å². The molecule has 1 saturated heterocycles. The number of ether oxygens (including phenoxy) is 1. The van der Waals surface area contributed by atoms with E-state index in [4.69, 9.17) is 16.3 Å². The third-order valence-electron chi connectivity index (χ3n) is 2.96. The van der Waals surface area contributed by atoms with E-state index in [0.717, 1.165) is 0 Å². The van der Waals surface area contributed by atoms with Crippen molar-refractivity contribution in [2.45, 2.75) is 25.6 Å². The lowest BCUT2D eigenvalue weighted by atomic mass is 10.3. The van der Waals surface area contributed by atoms with Gasteiger partial charge in [0.1, 0.15) is 5.75 Å². The number of hydrogen-bond acceptors (Lipinski definition) is 3. The highest BCUT2D eigenvalue weighted by Gasteiger charge is 2.28. The molecule has 1 aromatic carbocycles. The zero-order valence-electron chi connectivity index (χ0n) is 10.2. The number of carbonyl (C=O) groups is 1. The normalized spacial score (nSPS) is 20.8. The van der Waals surface area contributed by atoms with Crippen LogP contribution in [0.1, 0.15) is 13.3 Å². The van der Waals surface area contributed by atoms with Crippen molar-refractivity contribution >= 4 is 17.5 Å². The highest BCUT2D eigenvalue weighted by atomic mass is 35.5. The third-order valence-corrected chi connectivity index (χ3v) is 3.28. The molecule has 1 N–H and O–H groups in total. The van der Waals surface area contributed by atoms with Crippen molar-refractivity contribution in [3.8, 4) is 5.75 Å². The van der Waals surface area contributed by atoms with E-state index in [0.29, 0.717) is 30.3 Å². The van der Waals surface area contributed by atoms with E-state index in [9.17, 15) is 9.90 Å². The largest absolute Gasteiger partial charge is 0.479 e. The monoisotopic (exact) mass is 269 g/mol. The predicted octanol–water partition coefficient (Wildman–Crippen LogP) is 1.70. The van der Waals surface area contributed by atoms with Crippen LogP contribution in [0.5, 0.6) is 5.75 Å². The summed E-state index contributed by atoms with van der Waals surface area (Å²) in [5, 5.41) is 9.89. The van der Waals surface area contributed by atoms with Gasteiger partial charge in [-0.15, -0.1) is 0 Å². The molecule has 98 valence electrons. The lowest BCUT2D eigenvalue weighted by molar-refractivity contribution is -0.137. The van der Waals surface area contributed by atoms with Gasteiger partial charge in [-0.3, -0.25) is 4.79 Å². The summed E-state index contributed by atoms with van der Waals surface area (Å²) in [5.41, 5.74) is 0. The first-order chi connectivity index (χ1) is 8.58. The van der Waals surface area contributed by atoms with Crippen LogP contribution >= 0.6 is 11.6 Å². The van der Waals surface area contributed by atoms with Crippen LogP contribution in [0, 0.1) is 0 Å². The van der Waals surface area contributed by atoms with Crippen LogP contribution in [-0.4, -0.2) is 41.2 Å². The summed E-state index contributed by atoms with van der Waals surface area (Å²) in [5.74, 6) is 0.381. The molecule has 0 spiro atoms. The summed E-state index contributed by atoms with van der Waals surface area (Å²) >= 11 is 5.97. The Morgan fingerprint density at radius 3 is 2.89 bits per heavy atom. The van der Waals surface area contributed by atoms with Gasteiger partial charge in [-0.25, -0.2) is 0 Å². The molecule has 0 saturated carbocycles. The van der Waals surface area contributed by atoms with Crippen molar-refractivity contribution in [3.05, 3.63) is 29.3 Å². The number of aliphatic hydroxyl groups excluding tert-OH is 1. The Kier molecular flexibility index (Phi) is 4.09. The molecule has 0 radical (unpaired) electrons. The van der Waals surface area contributed by atoms with Crippen LogP contribution in [0.2, 0.25) is 5.02 Å². The van der Waals surface area contributed by atoms with Crippen LogP contribution in [-0.2, 0) is 4.79 Å². The average molecular weight is 270 g/mol. The van der Waals surface area contributed by atoms with E-state index in [1.807, 2.05) is 0 Å². The van der Waals surface area contributed by atoms with Gasteiger partial charge in [0, 0.05) is 13.1 Å². The molecule has 2 unspecified atom stereocenters. The van der Waals surface area contributed by atoms with Gasteiger partial charge in [-0.2, -0.15) is 0 Å². The minimum absolute atomic E-state index is 0.119. The number of para-hydroxylation sites is 1. The molecule has 5 heteroatoms. The molecule has 2 atom stereocenters. The highest BCUT2D eigenvalue weighted by Crippen LogP contribution is 2.24. The molecule has 1 fully saturated rings. The Morgan fingerprint density at radius 2 is 2.28 bits per heavy atom. The summed E-state index contributed by atoms with van der Waals surface area (Å²) in [6, 6.07) is 7.05. The highest BCUT2D eigenvalue weighted by molar-refractivity contribution is 6.32. The molecule has 1 heterocycles. The molecule has 18 heavy (non-hydrogen) atoms. The molecule has 0 aromatic heterocycles. The molecular formula is C13H16ClNO3. The van der Waals surface area contributed by atoms with Crippen LogP contribution in [0.15, 0.2) is 24.3 Å². The summed E-state index contributed by atoms with van der Waals surface area (Å²) in [7, 11) is 0. The van der Waals surface area contributed by atoms with Gasteiger partial charge in [0.25, 0.3) is 5.91 Å². The van der Waals surface area contributed by atoms with Crippen molar-refractivity contribution in [2.24, 2.45) is 0 Å². The van der Waals surface area contributed by atoms with Crippen LogP contribution < -0.4 is 4.74 Å². The number of likely N-dealkylation sites (tertiary alicyclic amines) is 1. The van der Waals surface area contributed by atoms with E-state index >= 15 is 0 Å². The number of carbonyl (C=O) groups excluding carboxylic acids is 1. The summed E-state index contributed by atoms with van der Waals surface area (Å²) in [4.78, 5) is 13.7. The predicted molar refractivity (Wildman–Crippen MR) is 68.7 cm³/mol. The fourth-order valence-electron chi connectivity index (χ4n) is 1.98. The molecule has 1 amide bonds. The minimum atomic E-state index is -0.602. The number of hydrogen-bond donors (Lipinski definition) is 1. The topological polar surface area (TPSA) is 49.8 Å². The van der Waals surface area contributed by atoms with Crippen LogP contribution in [0.25, 0.3) is 0 Å². The molecule has 0 aliphatic carbocycles. The second-order valence-corrected chi connectivity index (χ2v) is 4.82. The second kappa shape index (κ2) is 5.59. The SMILES string of the molecule is CC(Oc1ccccc1Cl)C(=O)N1CCC(O)C1. The number of aliphatic hydroxyl groups is 1. The zero-order valence-corrected chi connectivity index (χ0v) is 10.9. The quantitative estimate of drug-likeness (QED) is 0.909. The first-order valence-electron chi connectivity index (χ1n) is 5.96. The standard InChI is InChI=1S/C13H16ClNO3/c1-9(13(17)15-7-6-10(16)8-15)18-12-5-3-2-4-11(12)14/h2-5,9-10,16H,6-8H2,1H3. The Labute approximate surface area is 111 Å². The Bertz CT molecular complexity index is 438. The van der Waals surface area contributed by atoms with E-state index < -0.39 is 12.2 Å². The number of amides is 1. The number of benzene rings is 1. The van der Waals surface area contributed by atoms with E-state index in [-0.39, 0.29) is 5.91 Å². The summed E-state index contributed by atoms with van der Waals surface area (Å²) in [6.45, 7) is 2.65. The Balaban J connectivity index is 1.98. The van der Waals surface area contributed by atoms with Gasteiger partial charge in [0.2, 0.25) is 0 Å². The molecule has 1 aliphatic heterocycles. The van der Waals surface area contributed by atoms with Gasteiger partial charge in [-0.05, 0) is 25.5 Å². The van der Waals surface area contributed by atoms with Crippen molar-refractivity contribution in [3.63, 3.8) is 0 Å². The average Bonchev–Trinajstić information content (AvgIpc) is 2.78. The maximum absolute atomic E-state index is 12.1. The Morgan fingerprint density at radius 1 is 1.56 bits per heavy atom. The molecular weight excluding hydrogens is 254 g/mol. The number of β-amino-alcohol motifs (C(OH)–C–C–N with tert-alkyl or cyclic N) is 1. The maximum Gasteiger partial charge on any atom is 0.263 e. The van der Waals surface area contributed by atoms with Gasteiger partial charge in [0.15, 0.2) is 6.10 Å². The van der Waals surface area contributed by atoms with E-state index in [2.05, 4.69) is 0 Å². The first-order valence-corrected chi connectivity index (χ1v) is 6.34. The Hall–Kier alpha value is -1.26. The smallest absolute Gasteiger partial charge is 0.263 e. The van der Waals surface area contributed by atoms with Crippen LogP contribution in [0.4, 0.5) is 0 Å². The maximum atomic E-state index is 12.1. The first kappa shape index (κ1) is 13.2. The van der Waals surface area contributed by atoms with E-state index in [1.165, 1.54) is 0 Å². The zero-order chi connectivity index (χ0) is 13.1. The summed E-state index contributed by atoms with van der Waals surface area (Å²) < 4.78 is 5.55. The minimum Gasteiger partial charge on any atom is -0.479 e. The van der Waals surface area contributed by atoms with Gasteiger partial charge in [0.05, 0.1) is 11.1 Å². The van der Waals surface area contributed by atoms with Crippen molar-refractivity contribution < 1.29 is 14.6 Å². The third kappa shape index (κ3) is 2.94. The van der Waals surface area contributed by atoms with Gasteiger partial charge in [-0.1, -0.05) is 23.7 Å². The fraction of sp³-hybridized carbons (Fsp3) is 0.462. The van der Waals surface area contributed by atoms with Crippen molar-refractivity contribution in [1.82, 2.24) is 4.90 Å². The molecule has 0 bridgehead atoms.